The lowest BCUT2D eigenvalue weighted by atomic mass is 10.0. The van der Waals surface area contributed by atoms with Crippen LogP contribution in [0.15, 0.2) is 36.5 Å². The molecule has 68 heavy (non-hydrogen) atoms. The van der Waals surface area contributed by atoms with Crippen LogP contribution in [0.5, 0.6) is 0 Å². The fraction of sp³-hybridized carbons (Fsp3) is 0.871. The van der Waals surface area contributed by atoms with Gasteiger partial charge in [0, 0.05) is 12.8 Å². The summed E-state index contributed by atoms with van der Waals surface area (Å²) >= 11 is 0. The van der Waals surface area contributed by atoms with Crippen molar-refractivity contribution in [2.24, 2.45) is 0 Å². The molecule has 0 aliphatic heterocycles. The average molecular weight is 957 g/mol. The lowest BCUT2D eigenvalue weighted by molar-refractivity contribution is -0.143. The topological polar surface area (TPSA) is 95.9 Å². The Bertz CT molecular complexity index is 1100. The van der Waals surface area contributed by atoms with Crippen molar-refractivity contribution in [2.45, 2.75) is 334 Å². The third-order valence-corrected chi connectivity index (χ3v) is 13.9. The van der Waals surface area contributed by atoms with E-state index in [0.29, 0.717) is 25.9 Å². The summed E-state index contributed by atoms with van der Waals surface area (Å²) in [5.74, 6) is -0.0389. The summed E-state index contributed by atoms with van der Waals surface area (Å²) in [6.07, 6.45) is 71.5. The highest BCUT2D eigenvalue weighted by Crippen LogP contribution is 2.17. The Kier molecular flexibility index (Phi) is 56.0. The average Bonchev–Trinajstić information content (AvgIpc) is 3.34. The van der Waals surface area contributed by atoms with Crippen molar-refractivity contribution in [1.29, 1.82) is 0 Å². The van der Waals surface area contributed by atoms with E-state index in [2.05, 4.69) is 55.6 Å². The van der Waals surface area contributed by atoms with E-state index in [9.17, 15) is 19.8 Å². The van der Waals surface area contributed by atoms with E-state index in [-0.39, 0.29) is 18.5 Å². The molecule has 0 saturated carbocycles. The van der Waals surface area contributed by atoms with Gasteiger partial charge in [0.2, 0.25) is 5.91 Å². The number of unbranched alkanes of at least 4 members (excludes halogenated alkanes) is 39. The van der Waals surface area contributed by atoms with Gasteiger partial charge in [0.05, 0.1) is 25.4 Å². The summed E-state index contributed by atoms with van der Waals surface area (Å²) in [6.45, 7) is 4.92. The van der Waals surface area contributed by atoms with E-state index in [1.165, 1.54) is 238 Å². The first-order valence-corrected chi connectivity index (χ1v) is 30.2. The van der Waals surface area contributed by atoms with Crippen molar-refractivity contribution < 1.29 is 24.5 Å². The van der Waals surface area contributed by atoms with E-state index in [1.54, 1.807) is 0 Å². The number of allylic oxidation sites excluding steroid dienone is 6. The first kappa shape index (κ1) is 66.1. The molecule has 6 nitrogen and oxygen atoms in total. The standard InChI is InChI=1S/C62H117NO5/c1-3-5-7-9-11-13-15-16-17-18-27-30-33-36-40-44-48-52-56-62(67)68-57-53-49-45-41-37-34-31-28-25-23-21-19-20-22-24-26-29-32-35-39-43-47-51-55-61(66)63-59(58-64)60(65)54-50-46-42-38-14-12-10-8-6-4-2/h13,15,17-18,22,24,59-60,64-65H,3-12,14,16,19-21,23,25-58H2,1-2H3,(H,63,66)/b15-13-,18-17-,24-22-. The van der Waals surface area contributed by atoms with Crippen LogP contribution in [0, 0.1) is 0 Å². The minimum atomic E-state index is -0.666. The van der Waals surface area contributed by atoms with Gasteiger partial charge in [-0.3, -0.25) is 9.59 Å². The molecule has 0 heterocycles. The molecule has 0 aliphatic rings. The monoisotopic (exact) mass is 956 g/mol. The van der Waals surface area contributed by atoms with Gasteiger partial charge in [0.1, 0.15) is 0 Å². The largest absolute Gasteiger partial charge is 0.466 e. The van der Waals surface area contributed by atoms with Crippen molar-refractivity contribution in [2.75, 3.05) is 13.2 Å². The number of aliphatic hydroxyl groups excluding tert-OH is 2. The molecule has 0 aliphatic carbocycles. The van der Waals surface area contributed by atoms with Crippen LogP contribution in [0.4, 0.5) is 0 Å². The van der Waals surface area contributed by atoms with Crippen LogP contribution in [0.25, 0.3) is 0 Å². The fourth-order valence-electron chi connectivity index (χ4n) is 9.25. The van der Waals surface area contributed by atoms with Crippen molar-refractivity contribution in [3.63, 3.8) is 0 Å². The van der Waals surface area contributed by atoms with Crippen LogP contribution in [-0.4, -0.2) is 47.4 Å². The number of hydrogen-bond donors (Lipinski definition) is 3. The van der Waals surface area contributed by atoms with Crippen molar-refractivity contribution in [1.82, 2.24) is 5.32 Å². The Morgan fingerprint density at radius 1 is 0.412 bits per heavy atom. The number of hydrogen-bond acceptors (Lipinski definition) is 5. The Hall–Kier alpha value is -1.92. The number of amides is 1. The second kappa shape index (κ2) is 57.7. The third-order valence-electron chi connectivity index (χ3n) is 13.9. The molecule has 0 spiro atoms. The zero-order valence-corrected chi connectivity index (χ0v) is 45.6. The summed E-state index contributed by atoms with van der Waals surface area (Å²) in [6, 6.07) is -0.544. The van der Waals surface area contributed by atoms with Gasteiger partial charge >= 0.3 is 5.97 Å². The molecule has 0 rings (SSSR count). The van der Waals surface area contributed by atoms with Gasteiger partial charge in [-0.1, -0.05) is 262 Å². The first-order valence-electron chi connectivity index (χ1n) is 30.2. The SMILES string of the molecule is CCCCCC/C=C\C/C=C\CCCCCCCCCC(=O)OCCCCCCCCCCCCCC/C=C\CCCCCCCCCC(=O)NC(CO)C(O)CCCCCCCCCCCC. The van der Waals surface area contributed by atoms with Gasteiger partial charge in [-0.2, -0.15) is 0 Å². The van der Waals surface area contributed by atoms with Crippen molar-refractivity contribution >= 4 is 11.9 Å². The molecule has 0 bridgehead atoms. The van der Waals surface area contributed by atoms with Gasteiger partial charge in [0.25, 0.3) is 0 Å². The molecular weight excluding hydrogens is 839 g/mol. The summed E-state index contributed by atoms with van der Waals surface area (Å²) in [5, 5.41) is 23.1. The highest BCUT2D eigenvalue weighted by molar-refractivity contribution is 5.76. The minimum absolute atomic E-state index is 0.00400. The molecule has 3 N–H and O–H groups in total. The van der Waals surface area contributed by atoms with E-state index in [1.807, 2.05) is 0 Å². The second-order valence-electron chi connectivity index (χ2n) is 20.7. The summed E-state index contributed by atoms with van der Waals surface area (Å²) in [7, 11) is 0. The van der Waals surface area contributed by atoms with Crippen LogP contribution in [-0.2, 0) is 14.3 Å². The summed E-state index contributed by atoms with van der Waals surface area (Å²) in [5.41, 5.74) is 0. The van der Waals surface area contributed by atoms with E-state index in [4.69, 9.17) is 4.74 Å². The lowest BCUT2D eigenvalue weighted by Gasteiger charge is -2.22. The molecule has 0 fully saturated rings. The lowest BCUT2D eigenvalue weighted by Crippen LogP contribution is -2.45. The maximum Gasteiger partial charge on any atom is 0.305 e. The first-order chi connectivity index (χ1) is 33.5. The van der Waals surface area contributed by atoms with Crippen molar-refractivity contribution in [3.05, 3.63) is 36.5 Å². The number of carbonyl (C=O) groups excluding carboxylic acids is 2. The molecule has 2 unspecified atom stereocenters. The van der Waals surface area contributed by atoms with Crippen LogP contribution in [0.1, 0.15) is 322 Å². The number of esters is 1. The molecule has 1 amide bonds. The summed E-state index contributed by atoms with van der Waals surface area (Å²) < 4.78 is 5.49. The van der Waals surface area contributed by atoms with E-state index >= 15 is 0 Å². The number of aliphatic hydroxyl groups is 2. The number of nitrogens with one attached hydrogen (secondary N) is 1. The predicted molar refractivity (Wildman–Crippen MR) is 296 cm³/mol. The molecule has 6 heteroatoms. The molecule has 0 aromatic carbocycles. The maximum atomic E-state index is 12.4. The van der Waals surface area contributed by atoms with Gasteiger partial charge in [-0.25, -0.2) is 0 Å². The van der Waals surface area contributed by atoms with Gasteiger partial charge in [-0.15, -0.1) is 0 Å². The van der Waals surface area contributed by atoms with Crippen molar-refractivity contribution in [3.8, 4) is 0 Å². The second-order valence-corrected chi connectivity index (χ2v) is 20.7. The molecule has 0 radical (unpaired) electrons. The zero-order chi connectivity index (χ0) is 49.3. The quantitative estimate of drug-likeness (QED) is 0.0321. The van der Waals surface area contributed by atoms with Gasteiger partial charge < -0.3 is 20.3 Å². The Labute approximate surface area is 424 Å². The Morgan fingerprint density at radius 2 is 0.735 bits per heavy atom. The molecule has 400 valence electrons. The summed E-state index contributed by atoms with van der Waals surface area (Å²) in [4.78, 5) is 24.5. The maximum absolute atomic E-state index is 12.4. The van der Waals surface area contributed by atoms with Crippen LogP contribution in [0.2, 0.25) is 0 Å². The fourth-order valence-corrected chi connectivity index (χ4v) is 9.25. The normalized spacial score (nSPS) is 12.8. The highest BCUT2D eigenvalue weighted by atomic mass is 16.5. The molecule has 0 aromatic rings. The van der Waals surface area contributed by atoms with Gasteiger partial charge in [-0.05, 0) is 83.5 Å². The van der Waals surface area contributed by atoms with E-state index in [0.717, 1.165) is 51.4 Å². The highest BCUT2D eigenvalue weighted by Gasteiger charge is 2.20. The number of ether oxygens (including phenoxy) is 1. The Morgan fingerprint density at radius 3 is 1.15 bits per heavy atom. The molecule has 0 saturated heterocycles. The minimum Gasteiger partial charge on any atom is -0.466 e. The van der Waals surface area contributed by atoms with Gasteiger partial charge in [0.15, 0.2) is 0 Å². The third kappa shape index (κ3) is 53.4. The molecule has 2 atom stereocenters. The van der Waals surface area contributed by atoms with Crippen LogP contribution >= 0.6 is 0 Å². The van der Waals surface area contributed by atoms with Crippen LogP contribution < -0.4 is 5.32 Å². The smallest absolute Gasteiger partial charge is 0.305 e. The van der Waals surface area contributed by atoms with E-state index < -0.39 is 12.1 Å². The molecule has 0 aromatic heterocycles. The van der Waals surface area contributed by atoms with Crippen LogP contribution in [0.3, 0.4) is 0 Å². The number of rotatable bonds is 56. The Balaban J connectivity index is 3.38. The molecular formula is C62H117NO5. The number of carbonyl (C=O) groups is 2. The zero-order valence-electron chi connectivity index (χ0n) is 45.6. The predicted octanol–water partition coefficient (Wildman–Crippen LogP) is 18.8.